The lowest BCUT2D eigenvalue weighted by Crippen LogP contribution is -2.78. The number of aliphatic hydroxyl groups is 7. The van der Waals surface area contributed by atoms with Gasteiger partial charge in [-0.25, -0.2) is 0 Å². The second kappa shape index (κ2) is 8.16. The van der Waals surface area contributed by atoms with Gasteiger partial charge in [0.2, 0.25) is 0 Å². The van der Waals surface area contributed by atoms with Gasteiger partial charge in [0.25, 0.3) is 0 Å². The van der Waals surface area contributed by atoms with E-state index in [4.69, 9.17) is 15.2 Å². The van der Waals surface area contributed by atoms with E-state index in [1.165, 1.54) is 6.92 Å². The lowest BCUT2D eigenvalue weighted by molar-refractivity contribution is -0.341. The van der Waals surface area contributed by atoms with Gasteiger partial charge in [-0.3, -0.25) is 4.79 Å². The summed E-state index contributed by atoms with van der Waals surface area (Å²) in [7, 11) is 0. The van der Waals surface area contributed by atoms with Gasteiger partial charge in [-0.15, -0.1) is 0 Å². The van der Waals surface area contributed by atoms with Crippen LogP contribution in [0.3, 0.4) is 0 Å². The number of Topliss-reactive ketones (excluding diaryl/α,β-unsaturated/α-hetero) is 1. The summed E-state index contributed by atoms with van der Waals surface area (Å²) < 4.78 is 11.0. The predicted molar refractivity (Wildman–Crippen MR) is 111 cm³/mol. The van der Waals surface area contributed by atoms with Crippen molar-refractivity contribution in [2.75, 3.05) is 6.61 Å². The minimum Gasteiger partial charge on any atom is -0.392 e. The summed E-state index contributed by atoms with van der Waals surface area (Å²) in [6.07, 6.45) is -9.61. The fourth-order valence-electron chi connectivity index (χ4n) is 6.66. The van der Waals surface area contributed by atoms with Gasteiger partial charge in [0.1, 0.15) is 17.8 Å². The Labute approximate surface area is 192 Å². The van der Waals surface area contributed by atoms with Crippen molar-refractivity contribution in [3.8, 4) is 0 Å². The molecule has 1 aliphatic heterocycles. The Morgan fingerprint density at radius 1 is 1.15 bits per heavy atom. The van der Waals surface area contributed by atoms with Gasteiger partial charge in [-0.1, -0.05) is 13.8 Å². The van der Waals surface area contributed by atoms with E-state index in [1.54, 1.807) is 13.8 Å². The van der Waals surface area contributed by atoms with Crippen LogP contribution in [0.1, 0.15) is 40.0 Å². The maximum atomic E-state index is 13.4. The molecule has 0 aromatic heterocycles. The van der Waals surface area contributed by atoms with Crippen molar-refractivity contribution < 1.29 is 50.0 Å². The zero-order valence-electron chi connectivity index (χ0n) is 19.1. The van der Waals surface area contributed by atoms with Crippen LogP contribution in [-0.2, 0) is 14.3 Å². The van der Waals surface area contributed by atoms with Crippen molar-refractivity contribution >= 4 is 5.78 Å². The molecule has 190 valence electrons. The minimum atomic E-state index is -1.98. The fourth-order valence-corrected chi connectivity index (χ4v) is 6.66. The van der Waals surface area contributed by atoms with Gasteiger partial charge in [0.05, 0.1) is 42.5 Å². The molecular formula is C22H37NO10. The first-order valence-corrected chi connectivity index (χ1v) is 11.6. The van der Waals surface area contributed by atoms with Crippen molar-refractivity contribution in [2.24, 2.45) is 28.9 Å². The van der Waals surface area contributed by atoms with E-state index < -0.39 is 89.1 Å². The van der Waals surface area contributed by atoms with Crippen LogP contribution in [0.4, 0.5) is 0 Å². The zero-order valence-corrected chi connectivity index (χ0v) is 19.1. The molecule has 1 heterocycles. The van der Waals surface area contributed by atoms with E-state index >= 15 is 0 Å². The topological polar surface area (TPSA) is 203 Å². The van der Waals surface area contributed by atoms with Gasteiger partial charge in [-0.2, -0.15) is 0 Å². The molecule has 11 heteroatoms. The Morgan fingerprint density at radius 2 is 1.79 bits per heavy atom. The first-order valence-electron chi connectivity index (χ1n) is 11.6. The molecule has 4 aliphatic rings. The Hall–Kier alpha value is -0.730. The Morgan fingerprint density at radius 3 is 2.33 bits per heavy atom. The molecule has 33 heavy (non-hydrogen) atoms. The lowest BCUT2D eigenvalue weighted by Gasteiger charge is -2.65. The number of carbonyl (C=O) groups excluding carboxylic acids is 1. The molecular weight excluding hydrogens is 438 g/mol. The van der Waals surface area contributed by atoms with Gasteiger partial charge in [0.15, 0.2) is 12.1 Å². The SMILES string of the molecule is C[C@H](N)[C@@H](O)C(O)O[C@@H]1CC2[C@@H](O)C(=O)C3[C@H]([C@H](O)[C@](O)(C1)C2(C)C)[C@]1(O)CO[C@@H]1C[C@@H]3O. The average Bonchev–Trinajstić information content (AvgIpc) is 2.73. The third-order valence-corrected chi connectivity index (χ3v) is 9.00. The Bertz CT molecular complexity index is 778. The van der Waals surface area contributed by atoms with E-state index in [0.717, 1.165) is 0 Å². The minimum absolute atomic E-state index is 0.0254. The molecule has 13 atom stereocenters. The number of ketones is 1. The third kappa shape index (κ3) is 3.52. The molecule has 0 aromatic rings. The number of carbonyl (C=O) groups is 1. The molecule has 3 aliphatic carbocycles. The van der Waals surface area contributed by atoms with Gasteiger partial charge in [0, 0.05) is 36.1 Å². The first-order chi connectivity index (χ1) is 15.2. The fraction of sp³-hybridized carbons (Fsp3) is 0.955. The number of nitrogens with two attached hydrogens (primary N) is 1. The number of rotatable bonds is 4. The normalized spacial score (nSPS) is 51.8. The lowest BCUT2D eigenvalue weighted by atomic mass is 9.47. The smallest absolute Gasteiger partial charge is 0.182 e. The largest absolute Gasteiger partial charge is 0.392 e. The van der Waals surface area contributed by atoms with Crippen LogP contribution in [0.2, 0.25) is 0 Å². The number of ether oxygens (including phenoxy) is 2. The number of hydrogen-bond donors (Lipinski definition) is 8. The third-order valence-electron chi connectivity index (χ3n) is 9.00. The second-order valence-electron chi connectivity index (χ2n) is 11.1. The first kappa shape index (κ1) is 25.4. The molecule has 11 nitrogen and oxygen atoms in total. The van der Waals surface area contributed by atoms with E-state index in [9.17, 15) is 40.5 Å². The number of fused-ring (bicyclic) bond motifs is 5. The molecule has 0 radical (unpaired) electrons. The second-order valence-corrected chi connectivity index (χ2v) is 11.1. The molecule has 0 amide bonds. The molecule has 0 spiro atoms. The van der Waals surface area contributed by atoms with Crippen molar-refractivity contribution in [2.45, 2.75) is 100 Å². The summed E-state index contributed by atoms with van der Waals surface area (Å²) in [4.78, 5) is 13.4. The molecule has 3 saturated carbocycles. The number of aliphatic hydroxyl groups excluding tert-OH is 5. The number of hydrogen-bond acceptors (Lipinski definition) is 11. The van der Waals surface area contributed by atoms with Crippen LogP contribution in [0, 0.1) is 23.2 Å². The van der Waals surface area contributed by atoms with E-state index in [-0.39, 0.29) is 25.9 Å². The van der Waals surface area contributed by atoms with E-state index in [1.807, 2.05) is 0 Å². The average molecular weight is 476 g/mol. The molecule has 9 N–H and O–H groups in total. The highest BCUT2D eigenvalue weighted by Crippen LogP contribution is 2.59. The monoisotopic (exact) mass is 475 g/mol. The molecule has 0 aromatic carbocycles. The summed E-state index contributed by atoms with van der Waals surface area (Å²) in [6, 6.07) is -0.805. The Balaban J connectivity index is 1.75. The summed E-state index contributed by atoms with van der Waals surface area (Å²) in [5, 5.41) is 77.0. The molecule has 4 rings (SSSR count). The summed E-state index contributed by atoms with van der Waals surface area (Å²) in [5.74, 6) is -4.19. The van der Waals surface area contributed by atoms with Crippen LogP contribution >= 0.6 is 0 Å². The highest BCUT2D eigenvalue weighted by atomic mass is 16.6. The van der Waals surface area contributed by atoms with Crippen molar-refractivity contribution in [1.29, 1.82) is 0 Å². The molecule has 1 saturated heterocycles. The van der Waals surface area contributed by atoms with Gasteiger partial charge in [-0.05, 0) is 13.3 Å². The van der Waals surface area contributed by atoms with Crippen molar-refractivity contribution in [3.05, 3.63) is 0 Å². The maximum Gasteiger partial charge on any atom is 0.182 e. The van der Waals surface area contributed by atoms with Crippen LogP contribution < -0.4 is 5.73 Å². The molecule has 4 fully saturated rings. The van der Waals surface area contributed by atoms with Crippen LogP contribution in [0.5, 0.6) is 0 Å². The van der Waals surface area contributed by atoms with Crippen molar-refractivity contribution in [1.82, 2.24) is 0 Å². The molecule has 3 unspecified atom stereocenters. The quantitative estimate of drug-likeness (QED) is 0.192. The van der Waals surface area contributed by atoms with Crippen LogP contribution in [-0.4, -0.2) is 108 Å². The predicted octanol–water partition coefficient (Wildman–Crippen LogP) is -3.00. The molecule has 2 bridgehead atoms. The highest BCUT2D eigenvalue weighted by Gasteiger charge is 2.72. The highest BCUT2D eigenvalue weighted by molar-refractivity contribution is 5.87. The van der Waals surface area contributed by atoms with Crippen LogP contribution in [0.25, 0.3) is 0 Å². The zero-order chi connectivity index (χ0) is 24.7. The van der Waals surface area contributed by atoms with E-state index in [0.29, 0.717) is 0 Å². The van der Waals surface area contributed by atoms with E-state index in [2.05, 4.69) is 0 Å². The van der Waals surface area contributed by atoms with Gasteiger partial charge < -0.3 is 51.0 Å². The van der Waals surface area contributed by atoms with Crippen molar-refractivity contribution in [3.63, 3.8) is 0 Å². The summed E-state index contributed by atoms with van der Waals surface area (Å²) in [5.41, 5.74) is 0.775. The summed E-state index contributed by atoms with van der Waals surface area (Å²) >= 11 is 0. The Kier molecular flexibility index (Phi) is 6.27. The van der Waals surface area contributed by atoms with Gasteiger partial charge >= 0.3 is 0 Å². The summed E-state index contributed by atoms with van der Waals surface area (Å²) in [6.45, 7) is 4.56. The maximum absolute atomic E-state index is 13.4. The standard InChI is InChI=1S/C22H37NO10/c1-8(23)15(25)19(29)33-9-4-10-16(26)17(27)13-11(24)5-12-21(30,7-32-12)14(13)18(28)22(31,6-9)20(10,2)3/h8-16,18-19,24-26,28-31H,4-7,23H2,1-3H3/t8-,9+,10?,11-,12+,13?,14+,15+,16+,18-,19?,21-,22+/m0/s1. The van der Waals surface area contributed by atoms with Crippen LogP contribution in [0.15, 0.2) is 0 Å².